The standard InChI is InChI=1S/C28H17NO/c1-2-8-18-17(7-1)15-16-22-21-12-5-11-20(28(21)29-27(18)22)19-10-6-14-25-26(19)23-9-3-4-13-24(23)30-25/h1-16,29H. The number of para-hydroxylation sites is 2. The fourth-order valence-corrected chi connectivity index (χ4v) is 4.89. The van der Waals surface area contributed by atoms with Gasteiger partial charge in [-0.05, 0) is 23.1 Å². The van der Waals surface area contributed by atoms with Gasteiger partial charge >= 0.3 is 0 Å². The molecule has 7 aromatic rings. The van der Waals surface area contributed by atoms with E-state index >= 15 is 0 Å². The van der Waals surface area contributed by atoms with E-state index in [9.17, 15) is 0 Å². The maximum atomic E-state index is 6.13. The summed E-state index contributed by atoms with van der Waals surface area (Å²) in [6, 6.07) is 34.2. The Hall–Kier alpha value is -4.04. The molecule has 0 saturated carbocycles. The van der Waals surface area contributed by atoms with Gasteiger partial charge in [0.1, 0.15) is 11.2 Å². The van der Waals surface area contributed by atoms with Crippen LogP contribution < -0.4 is 0 Å². The largest absolute Gasteiger partial charge is 0.456 e. The van der Waals surface area contributed by atoms with Gasteiger partial charge in [0.2, 0.25) is 0 Å². The van der Waals surface area contributed by atoms with E-state index in [1.807, 2.05) is 12.1 Å². The van der Waals surface area contributed by atoms with Crippen LogP contribution in [0.2, 0.25) is 0 Å². The highest BCUT2D eigenvalue weighted by atomic mass is 16.3. The Morgan fingerprint density at radius 1 is 0.467 bits per heavy atom. The SMILES string of the molecule is c1ccc2c(c1)ccc1c3cccc(-c4cccc5oc6ccccc6c45)c3[nH]c21. The number of hydrogen-bond acceptors (Lipinski definition) is 1. The minimum atomic E-state index is 0.923. The monoisotopic (exact) mass is 383 g/mol. The quantitative estimate of drug-likeness (QED) is 0.305. The van der Waals surface area contributed by atoms with Crippen molar-refractivity contribution < 1.29 is 4.42 Å². The molecule has 30 heavy (non-hydrogen) atoms. The molecule has 5 aromatic carbocycles. The molecule has 0 amide bonds. The van der Waals surface area contributed by atoms with Gasteiger partial charge in [0.05, 0.1) is 11.0 Å². The van der Waals surface area contributed by atoms with E-state index in [0.717, 1.165) is 16.6 Å². The van der Waals surface area contributed by atoms with Gasteiger partial charge in [-0.15, -0.1) is 0 Å². The molecule has 0 fully saturated rings. The van der Waals surface area contributed by atoms with Gasteiger partial charge in [-0.3, -0.25) is 0 Å². The number of rotatable bonds is 1. The number of H-pyrrole nitrogens is 1. The van der Waals surface area contributed by atoms with Gasteiger partial charge in [0.15, 0.2) is 0 Å². The first-order valence-corrected chi connectivity index (χ1v) is 10.2. The molecule has 2 aromatic heterocycles. The summed E-state index contributed by atoms with van der Waals surface area (Å²) < 4.78 is 6.13. The van der Waals surface area contributed by atoms with E-state index in [1.165, 1.54) is 49.1 Å². The number of aromatic nitrogens is 1. The Kier molecular flexibility index (Phi) is 3.03. The molecule has 0 saturated heterocycles. The van der Waals surface area contributed by atoms with Crippen molar-refractivity contribution in [2.24, 2.45) is 0 Å². The average molecular weight is 383 g/mol. The minimum Gasteiger partial charge on any atom is -0.456 e. The van der Waals surface area contributed by atoms with Crippen LogP contribution in [0.15, 0.2) is 101 Å². The fraction of sp³-hybridized carbons (Fsp3) is 0. The summed E-state index contributed by atoms with van der Waals surface area (Å²) in [6.45, 7) is 0. The summed E-state index contributed by atoms with van der Waals surface area (Å²) in [7, 11) is 0. The molecule has 0 unspecified atom stereocenters. The van der Waals surface area contributed by atoms with Crippen LogP contribution in [-0.2, 0) is 0 Å². The van der Waals surface area contributed by atoms with E-state index in [2.05, 4.69) is 89.9 Å². The average Bonchev–Trinajstić information content (AvgIpc) is 3.37. The zero-order valence-electron chi connectivity index (χ0n) is 16.1. The van der Waals surface area contributed by atoms with Crippen molar-refractivity contribution in [1.82, 2.24) is 4.98 Å². The fourth-order valence-electron chi connectivity index (χ4n) is 4.89. The highest BCUT2D eigenvalue weighted by Crippen LogP contribution is 2.41. The number of fused-ring (bicyclic) bond motifs is 8. The van der Waals surface area contributed by atoms with Crippen molar-refractivity contribution in [3.63, 3.8) is 0 Å². The minimum absolute atomic E-state index is 0.923. The zero-order chi connectivity index (χ0) is 19.7. The van der Waals surface area contributed by atoms with Crippen molar-refractivity contribution in [3.8, 4) is 11.1 Å². The lowest BCUT2D eigenvalue weighted by molar-refractivity contribution is 0.669. The Balaban J connectivity index is 1.64. The number of hydrogen-bond donors (Lipinski definition) is 1. The smallest absolute Gasteiger partial charge is 0.136 e. The molecule has 2 heterocycles. The van der Waals surface area contributed by atoms with E-state index < -0.39 is 0 Å². The van der Waals surface area contributed by atoms with Gasteiger partial charge in [-0.2, -0.15) is 0 Å². The molecule has 2 nitrogen and oxygen atoms in total. The summed E-state index contributed by atoms with van der Waals surface area (Å²) in [4.78, 5) is 3.76. The molecule has 0 aliphatic carbocycles. The van der Waals surface area contributed by atoms with Gasteiger partial charge < -0.3 is 9.40 Å². The van der Waals surface area contributed by atoms with Crippen LogP contribution in [-0.4, -0.2) is 4.98 Å². The topological polar surface area (TPSA) is 28.9 Å². The van der Waals surface area contributed by atoms with Crippen molar-refractivity contribution in [2.45, 2.75) is 0 Å². The molecule has 2 heteroatoms. The van der Waals surface area contributed by atoms with Gasteiger partial charge in [-0.25, -0.2) is 0 Å². The normalized spacial score (nSPS) is 12.0. The first-order chi connectivity index (χ1) is 14.9. The molecule has 0 radical (unpaired) electrons. The summed E-state index contributed by atoms with van der Waals surface area (Å²) in [5, 5.41) is 7.34. The molecular formula is C28H17NO. The van der Waals surface area contributed by atoms with E-state index in [-0.39, 0.29) is 0 Å². The number of nitrogens with one attached hydrogen (secondary N) is 1. The van der Waals surface area contributed by atoms with Crippen molar-refractivity contribution in [3.05, 3.63) is 97.1 Å². The van der Waals surface area contributed by atoms with E-state index in [1.54, 1.807) is 0 Å². The van der Waals surface area contributed by atoms with Gasteiger partial charge in [-0.1, -0.05) is 84.9 Å². The van der Waals surface area contributed by atoms with Gasteiger partial charge in [0, 0.05) is 32.5 Å². The van der Waals surface area contributed by atoms with Crippen LogP contribution in [0, 0.1) is 0 Å². The second-order valence-electron chi connectivity index (χ2n) is 7.84. The molecule has 0 spiro atoms. The van der Waals surface area contributed by atoms with Crippen LogP contribution in [0.25, 0.3) is 65.6 Å². The Morgan fingerprint density at radius 3 is 2.13 bits per heavy atom. The predicted octanol–water partition coefficient (Wildman–Crippen LogP) is 8.04. The van der Waals surface area contributed by atoms with Crippen molar-refractivity contribution in [1.29, 1.82) is 0 Å². The molecule has 0 aliphatic heterocycles. The molecule has 0 aliphatic rings. The first kappa shape index (κ1) is 15.8. The van der Waals surface area contributed by atoms with Crippen LogP contribution in [0.5, 0.6) is 0 Å². The van der Waals surface area contributed by atoms with Crippen molar-refractivity contribution in [2.75, 3.05) is 0 Å². The predicted molar refractivity (Wildman–Crippen MR) is 126 cm³/mol. The maximum absolute atomic E-state index is 6.13. The first-order valence-electron chi connectivity index (χ1n) is 10.2. The molecule has 140 valence electrons. The Bertz CT molecular complexity index is 1750. The van der Waals surface area contributed by atoms with E-state index in [0.29, 0.717) is 0 Å². The summed E-state index contributed by atoms with van der Waals surface area (Å²) >= 11 is 0. The van der Waals surface area contributed by atoms with Crippen molar-refractivity contribution >= 4 is 54.5 Å². The third-order valence-electron chi connectivity index (χ3n) is 6.23. The lowest BCUT2D eigenvalue weighted by atomic mass is 9.97. The maximum Gasteiger partial charge on any atom is 0.136 e. The second-order valence-corrected chi connectivity index (χ2v) is 7.84. The lowest BCUT2D eigenvalue weighted by Crippen LogP contribution is -1.82. The summed E-state index contributed by atoms with van der Waals surface area (Å²) in [6.07, 6.45) is 0. The summed E-state index contributed by atoms with van der Waals surface area (Å²) in [5.41, 5.74) is 6.60. The van der Waals surface area contributed by atoms with Crippen LogP contribution in [0.3, 0.4) is 0 Å². The molecule has 7 rings (SSSR count). The number of benzene rings is 5. The highest BCUT2D eigenvalue weighted by Gasteiger charge is 2.16. The lowest BCUT2D eigenvalue weighted by Gasteiger charge is -2.06. The Morgan fingerprint density at radius 2 is 1.17 bits per heavy atom. The van der Waals surface area contributed by atoms with Crippen LogP contribution in [0.4, 0.5) is 0 Å². The van der Waals surface area contributed by atoms with Crippen LogP contribution in [0.1, 0.15) is 0 Å². The third kappa shape index (κ3) is 2.03. The van der Waals surface area contributed by atoms with E-state index in [4.69, 9.17) is 4.42 Å². The third-order valence-corrected chi connectivity index (χ3v) is 6.23. The number of aromatic amines is 1. The second kappa shape index (κ2) is 5.74. The molecule has 1 N–H and O–H groups in total. The highest BCUT2D eigenvalue weighted by molar-refractivity contribution is 6.21. The number of furan rings is 1. The molecule has 0 bridgehead atoms. The van der Waals surface area contributed by atoms with Gasteiger partial charge in [0.25, 0.3) is 0 Å². The van der Waals surface area contributed by atoms with Crippen LogP contribution >= 0.6 is 0 Å². The zero-order valence-corrected chi connectivity index (χ0v) is 16.1. The molecule has 0 atom stereocenters. The Labute approximate surface area is 172 Å². The summed E-state index contributed by atoms with van der Waals surface area (Å²) in [5.74, 6) is 0. The molecular weight excluding hydrogens is 366 g/mol.